The van der Waals surface area contributed by atoms with Gasteiger partial charge in [-0.3, -0.25) is 34.1 Å². The average Bonchev–Trinajstić information content (AvgIpc) is 3.17. The Morgan fingerprint density at radius 2 is 1.62 bits per heavy atom. The predicted octanol–water partition coefficient (Wildman–Crippen LogP) is 3.95. The first-order valence-electron chi connectivity index (χ1n) is 20.3. The first-order valence-corrected chi connectivity index (χ1v) is 20.3. The molecule has 2 aliphatic rings. The van der Waals surface area contributed by atoms with Crippen LogP contribution in [-0.2, 0) is 35.2 Å². The molecule has 338 valence electrons. The Morgan fingerprint density at radius 1 is 0.984 bits per heavy atom. The number of carbonyl (C=O) groups excluding carboxylic acids is 5. The smallest absolute Gasteiger partial charge is 0.328 e. The van der Waals surface area contributed by atoms with E-state index in [1.54, 1.807) is 0 Å². The summed E-state index contributed by atoms with van der Waals surface area (Å²) in [4.78, 5) is 91.3. The molecule has 20 heteroatoms. The van der Waals surface area contributed by atoms with Crippen LogP contribution in [0.2, 0.25) is 0 Å². The minimum atomic E-state index is -1.92. The number of carbonyl (C=O) groups is 6. The Bertz CT molecular complexity index is 1860. The van der Waals surface area contributed by atoms with Crippen LogP contribution >= 0.6 is 12.4 Å². The monoisotopic (exact) mass is 877 g/mol. The van der Waals surface area contributed by atoms with Crippen LogP contribution in [0.4, 0.5) is 5.69 Å². The number of benzene rings is 2. The van der Waals surface area contributed by atoms with Gasteiger partial charge in [-0.2, -0.15) is 0 Å². The van der Waals surface area contributed by atoms with Gasteiger partial charge in [0, 0.05) is 18.9 Å². The Labute approximate surface area is 361 Å². The molecule has 10 N–H and O–H groups in total. The number of nitrogens with two attached hydrogens (primary N) is 2. The number of primary amides is 1. The molecule has 2 aliphatic heterocycles. The van der Waals surface area contributed by atoms with Gasteiger partial charge in [0.15, 0.2) is 17.5 Å². The lowest BCUT2D eigenvalue weighted by Gasteiger charge is -2.30. The van der Waals surface area contributed by atoms with Crippen molar-refractivity contribution in [1.82, 2.24) is 21.3 Å². The van der Waals surface area contributed by atoms with Crippen LogP contribution in [0, 0.1) is 16.0 Å². The lowest BCUT2D eigenvalue weighted by Crippen LogP contribution is -2.58. The van der Waals surface area contributed by atoms with Crippen molar-refractivity contribution in [2.24, 2.45) is 17.4 Å². The van der Waals surface area contributed by atoms with Crippen molar-refractivity contribution >= 4 is 53.6 Å². The highest BCUT2D eigenvalue weighted by atomic mass is 35.5. The first kappa shape index (κ1) is 51.5. The number of nitro benzene ring substituents is 1. The number of nitrogens with zero attached hydrogens (tertiary/aromatic N) is 1. The Kier molecular flexibility index (Phi) is 21.2. The summed E-state index contributed by atoms with van der Waals surface area (Å²) < 4.78 is 11.3. The molecule has 0 aliphatic carbocycles. The molecular formula is C41H60ClN7O12. The zero-order valence-corrected chi connectivity index (χ0v) is 35.8. The molecule has 0 unspecified atom stereocenters. The summed E-state index contributed by atoms with van der Waals surface area (Å²) in [5, 5.41) is 43.8. The van der Waals surface area contributed by atoms with Crippen LogP contribution in [0.1, 0.15) is 115 Å². The largest absolute Gasteiger partial charge is 0.504 e. The molecule has 0 radical (unpaired) electrons. The van der Waals surface area contributed by atoms with Crippen molar-refractivity contribution in [3.8, 4) is 23.0 Å². The minimum absolute atomic E-state index is 0. The summed E-state index contributed by atoms with van der Waals surface area (Å²) in [5.74, 6) is -7.85. The van der Waals surface area contributed by atoms with Crippen LogP contribution in [-0.4, -0.2) is 81.9 Å². The molecule has 0 saturated heterocycles. The Balaban J connectivity index is 0.0000128. The second kappa shape index (κ2) is 25.2. The van der Waals surface area contributed by atoms with Crippen molar-refractivity contribution in [2.45, 2.75) is 134 Å². The number of hydrogen-bond acceptors (Lipinski definition) is 12. The Morgan fingerprint density at radius 3 is 2.20 bits per heavy atom. The van der Waals surface area contributed by atoms with Crippen LogP contribution in [0.25, 0.3) is 0 Å². The fraction of sp³-hybridized carbons (Fsp3) is 0.561. The van der Waals surface area contributed by atoms with Gasteiger partial charge in [0.25, 0.3) is 0 Å². The van der Waals surface area contributed by atoms with Gasteiger partial charge in [-0.1, -0.05) is 78.2 Å². The van der Waals surface area contributed by atoms with E-state index in [9.17, 15) is 49.1 Å². The highest BCUT2D eigenvalue weighted by molar-refractivity contribution is 5.96. The first-order chi connectivity index (χ1) is 28.4. The van der Waals surface area contributed by atoms with Crippen molar-refractivity contribution in [2.75, 3.05) is 7.11 Å². The zero-order chi connectivity index (χ0) is 44.5. The number of nitro groups is 1. The van der Waals surface area contributed by atoms with E-state index in [1.165, 1.54) is 32.1 Å². The van der Waals surface area contributed by atoms with Gasteiger partial charge in [0.05, 0.1) is 30.5 Å². The number of rotatable bonds is 21. The van der Waals surface area contributed by atoms with Crippen molar-refractivity contribution in [1.29, 1.82) is 0 Å². The number of fused-ring (bicyclic) bond motifs is 9. The number of aromatic hydroxyl groups is 1. The summed E-state index contributed by atoms with van der Waals surface area (Å²) >= 11 is 0. The van der Waals surface area contributed by atoms with Crippen molar-refractivity contribution in [3.63, 3.8) is 0 Å². The van der Waals surface area contributed by atoms with E-state index in [0.717, 1.165) is 56.7 Å². The molecule has 0 aromatic heterocycles. The van der Waals surface area contributed by atoms with Gasteiger partial charge in [-0.25, -0.2) is 4.79 Å². The lowest BCUT2D eigenvalue weighted by molar-refractivity contribution is -0.385. The predicted molar refractivity (Wildman–Crippen MR) is 226 cm³/mol. The Hall–Kier alpha value is -5.69. The maximum absolute atomic E-state index is 14.1. The molecule has 2 aromatic rings. The van der Waals surface area contributed by atoms with E-state index in [2.05, 4.69) is 28.2 Å². The molecule has 0 spiro atoms. The number of unbranched alkanes of at least 4 members (excludes halogenated alkanes) is 8. The normalized spacial score (nSPS) is 17.4. The molecule has 19 nitrogen and oxygen atoms in total. The zero-order valence-electron chi connectivity index (χ0n) is 35.0. The standard InChI is InChI=1S/C41H59N7O12.ClH/c1-5-6-7-8-9-10-11-12-13-14-34(51)46-36(41(55)56)35-25-20-30(49)37(59-4)32(21-25)60-31-16-15-24(19-29(31)48(57)58)18-27(44-38(52)26(42)17-23(2)3)39(53)45-28(22-33(43)50)40(54)47-35;/h15-16,19-21,23,26-28,35-36,49H,5-14,17-18,22,42H2,1-4H3,(H2,43,50)(H,44,52)(H,45,53)(H,46,51)(H,47,54)(H,55,56);1H/t26-,27+,28-,35-,36-;/m1./s1. The van der Waals surface area contributed by atoms with Crippen LogP contribution in [0.5, 0.6) is 23.0 Å². The number of nitrogens with one attached hydrogen (secondary N) is 4. The van der Waals surface area contributed by atoms with E-state index in [1.807, 2.05) is 13.8 Å². The van der Waals surface area contributed by atoms with Crippen LogP contribution in [0.3, 0.4) is 0 Å². The summed E-state index contributed by atoms with van der Waals surface area (Å²) in [5.41, 5.74) is 10.9. The summed E-state index contributed by atoms with van der Waals surface area (Å²) in [6.07, 6.45) is 7.79. The third-order valence-electron chi connectivity index (χ3n) is 9.96. The molecular weight excluding hydrogens is 818 g/mol. The fourth-order valence-electron chi connectivity index (χ4n) is 6.87. The topological polar surface area (TPSA) is 305 Å². The lowest BCUT2D eigenvalue weighted by atomic mass is 9.96. The number of amides is 5. The summed E-state index contributed by atoms with van der Waals surface area (Å²) in [7, 11) is 1.18. The molecule has 5 amide bonds. The van der Waals surface area contributed by atoms with Gasteiger partial charge < -0.3 is 52.4 Å². The third kappa shape index (κ3) is 16.0. The number of halogens is 1. The van der Waals surface area contributed by atoms with Gasteiger partial charge in [0.2, 0.25) is 41.0 Å². The maximum Gasteiger partial charge on any atom is 0.328 e. The molecule has 2 heterocycles. The van der Waals surface area contributed by atoms with E-state index in [4.69, 9.17) is 20.9 Å². The van der Waals surface area contributed by atoms with E-state index in [0.29, 0.717) is 6.42 Å². The molecule has 5 atom stereocenters. The number of ether oxygens (including phenoxy) is 2. The highest BCUT2D eigenvalue weighted by Crippen LogP contribution is 2.44. The SMILES string of the molecule is CCCCCCCCCCCC(=O)N[C@@H](C(=O)O)[C@@H]1NC(=O)[C@@H](CC(N)=O)NC(=O)[C@@H](NC(=O)[C@H](N)CC(C)C)Cc2ccc(c([N+](=O)[O-])c2)Oc2cc1cc(O)c2OC.Cl. The number of hydrogen-bond donors (Lipinski definition) is 8. The van der Waals surface area contributed by atoms with Crippen LogP contribution in [0.15, 0.2) is 30.3 Å². The number of carboxylic acids is 1. The molecule has 0 fully saturated rings. The van der Waals surface area contributed by atoms with E-state index in [-0.39, 0.29) is 66.0 Å². The highest BCUT2D eigenvalue weighted by Gasteiger charge is 2.37. The summed E-state index contributed by atoms with van der Waals surface area (Å²) in [6, 6.07) is -2.13. The number of aliphatic carboxylic acids is 1. The fourth-order valence-corrected chi connectivity index (χ4v) is 6.87. The number of phenols is 1. The molecule has 4 rings (SSSR count). The average molecular weight is 878 g/mol. The van der Waals surface area contributed by atoms with Crippen molar-refractivity contribution < 1.29 is 53.4 Å². The number of methoxy groups -OCH3 is 1. The van der Waals surface area contributed by atoms with Gasteiger partial charge in [0.1, 0.15) is 12.1 Å². The minimum Gasteiger partial charge on any atom is -0.504 e. The summed E-state index contributed by atoms with van der Waals surface area (Å²) in [6.45, 7) is 5.81. The number of carboxylic acid groups (broad SMARTS) is 1. The quantitative estimate of drug-likeness (QED) is 0.0501. The van der Waals surface area contributed by atoms with E-state index >= 15 is 0 Å². The maximum atomic E-state index is 14.1. The number of phenolic OH excluding ortho intramolecular Hbond substituents is 1. The molecule has 0 saturated carbocycles. The molecule has 2 aromatic carbocycles. The third-order valence-corrected chi connectivity index (χ3v) is 9.96. The van der Waals surface area contributed by atoms with Gasteiger partial charge in [-0.05, 0) is 48.1 Å². The van der Waals surface area contributed by atoms with Crippen molar-refractivity contribution in [3.05, 3.63) is 51.6 Å². The van der Waals surface area contributed by atoms with Crippen LogP contribution < -0.4 is 42.2 Å². The molecule has 61 heavy (non-hydrogen) atoms. The second-order valence-corrected chi connectivity index (χ2v) is 15.4. The molecule has 4 bridgehead atoms. The van der Waals surface area contributed by atoms with Gasteiger partial charge in [-0.15, -0.1) is 12.4 Å². The van der Waals surface area contributed by atoms with E-state index < -0.39 is 88.5 Å². The second-order valence-electron chi connectivity index (χ2n) is 15.4. The van der Waals surface area contributed by atoms with Gasteiger partial charge >= 0.3 is 11.7 Å².